The Balaban J connectivity index is 2.35. The van der Waals surface area contributed by atoms with Crippen LogP contribution in [0.25, 0.3) is 0 Å². The number of hydrogen-bond acceptors (Lipinski definition) is 3. The fourth-order valence-electron chi connectivity index (χ4n) is 2.17. The average Bonchev–Trinajstić information content (AvgIpc) is 2.43. The van der Waals surface area contributed by atoms with Gasteiger partial charge in [0.2, 0.25) is 15.9 Å². The monoisotopic (exact) mass is 288 g/mol. The predicted molar refractivity (Wildman–Crippen MR) is 76.2 cm³/mol. The van der Waals surface area contributed by atoms with Gasteiger partial charge in [-0.2, -0.15) is 0 Å². The zero-order chi connectivity index (χ0) is 14.3. The van der Waals surface area contributed by atoms with Crippen molar-refractivity contribution < 1.29 is 13.2 Å². The first-order chi connectivity index (χ1) is 9.01. The molecule has 1 heterocycles. The molecule has 1 N–H and O–H groups in total. The minimum Gasteiger partial charge on any atom is -0.356 e. The lowest BCUT2D eigenvalue weighted by Crippen LogP contribution is -2.43. The van der Waals surface area contributed by atoms with E-state index in [4.69, 9.17) is 0 Å². The average molecular weight is 288 g/mol. The fourth-order valence-corrected chi connectivity index (χ4v) is 3.30. The molecule has 0 unspecified atom stereocenters. The molecule has 1 amide bonds. The standard InChI is InChI=1S/C13H24N2O3S/c1-3-5-6-9-14-13(16)12-7-10-15(11-8-12)19(17,18)4-2/h3,5,12H,4,6-11H2,1-2H3,(H,14,16)/b5-3+. The first kappa shape index (κ1) is 16.2. The molecule has 1 aliphatic heterocycles. The molecule has 0 aromatic heterocycles. The summed E-state index contributed by atoms with van der Waals surface area (Å²) in [6.07, 6.45) is 6.05. The topological polar surface area (TPSA) is 66.5 Å². The smallest absolute Gasteiger partial charge is 0.223 e. The van der Waals surface area contributed by atoms with E-state index in [1.165, 1.54) is 4.31 Å². The Bertz CT molecular complexity index is 410. The molecule has 1 fully saturated rings. The van der Waals surface area contributed by atoms with E-state index in [-0.39, 0.29) is 17.6 Å². The molecule has 1 rings (SSSR count). The second-order valence-corrected chi connectivity index (χ2v) is 6.98. The number of sulfonamides is 1. The van der Waals surface area contributed by atoms with Gasteiger partial charge in [0, 0.05) is 25.6 Å². The fraction of sp³-hybridized carbons (Fsp3) is 0.769. The lowest BCUT2D eigenvalue weighted by atomic mass is 9.97. The van der Waals surface area contributed by atoms with E-state index < -0.39 is 10.0 Å². The molecule has 0 spiro atoms. The zero-order valence-corrected chi connectivity index (χ0v) is 12.6. The van der Waals surface area contributed by atoms with Crippen LogP contribution in [-0.2, 0) is 14.8 Å². The SMILES string of the molecule is C/C=C/CCNC(=O)C1CCN(S(=O)(=O)CC)CC1. The Labute approximate surface area is 116 Å². The van der Waals surface area contributed by atoms with E-state index in [1.807, 2.05) is 19.1 Å². The Kier molecular flexibility index (Phi) is 6.51. The molecule has 0 aromatic carbocycles. The number of nitrogens with zero attached hydrogens (tertiary/aromatic N) is 1. The van der Waals surface area contributed by atoms with Crippen LogP contribution in [-0.4, -0.2) is 44.0 Å². The van der Waals surface area contributed by atoms with Gasteiger partial charge in [-0.1, -0.05) is 12.2 Å². The van der Waals surface area contributed by atoms with Crippen LogP contribution in [0.5, 0.6) is 0 Å². The third-order valence-corrected chi connectivity index (χ3v) is 5.31. The Morgan fingerprint density at radius 3 is 2.53 bits per heavy atom. The van der Waals surface area contributed by atoms with Crippen LogP contribution in [0.15, 0.2) is 12.2 Å². The molecular formula is C13H24N2O3S. The molecule has 0 radical (unpaired) electrons. The molecule has 5 nitrogen and oxygen atoms in total. The molecule has 6 heteroatoms. The highest BCUT2D eigenvalue weighted by Gasteiger charge is 2.29. The van der Waals surface area contributed by atoms with Crippen molar-refractivity contribution in [1.82, 2.24) is 9.62 Å². The van der Waals surface area contributed by atoms with E-state index in [2.05, 4.69) is 5.32 Å². The summed E-state index contributed by atoms with van der Waals surface area (Å²) >= 11 is 0. The van der Waals surface area contributed by atoms with Crippen molar-refractivity contribution in [3.8, 4) is 0 Å². The first-order valence-corrected chi connectivity index (χ1v) is 8.49. The van der Waals surface area contributed by atoms with Crippen LogP contribution >= 0.6 is 0 Å². The molecule has 0 aliphatic carbocycles. The van der Waals surface area contributed by atoms with Crippen LogP contribution in [0, 0.1) is 5.92 Å². The van der Waals surface area contributed by atoms with Crippen LogP contribution in [0.3, 0.4) is 0 Å². The van der Waals surface area contributed by atoms with Gasteiger partial charge < -0.3 is 5.32 Å². The largest absolute Gasteiger partial charge is 0.356 e. The summed E-state index contributed by atoms with van der Waals surface area (Å²) < 4.78 is 24.9. The summed E-state index contributed by atoms with van der Waals surface area (Å²) in [4.78, 5) is 11.9. The van der Waals surface area contributed by atoms with Crippen molar-refractivity contribution in [2.24, 2.45) is 5.92 Å². The van der Waals surface area contributed by atoms with Crippen molar-refractivity contribution in [1.29, 1.82) is 0 Å². The lowest BCUT2D eigenvalue weighted by molar-refractivity contribution is -0.126. The second-order valence-electron chi connectivity index (χ2n) is 4.72. The Morgan fingerprint density at radius 1 is 1.37 bits per heavy atom. The van der Waals surface area contributed by atoms with Crippen molar-refractivity contribution in [2.45, 2.75) is 33.1 Å². The van der Waals surface area contributed by atoms with Crippen LogP contribution in [0.1, 0.15) is 33.1 Å². The number of piperidine rings is 1. The van der Waals surface area contributed by atoms with Gasteiger partial charge in [-0.3, -0.25) is 4.79 Å². The summed E-state index contributed by atoms with van der Waals surface area (Å²) in [7, 11) is -3.10. The second kappa shape index (κ2) is 7.65. The maximum absolute atomic E-state index is 11.9. The molecule has 0 aromatic rings. The van der Waals surface area contributed by atoms with Gasteiger partial charge >= 0.3 is 0 Å². The molecule has 19 heavy (non-hydrogen) atoms. The van der Waals surface area contributed by atoms with Crippen molar-refractivity contribution in [2.75, 3.05) is 25.4 Å². The van der Waals surface area contributed by atoms with Crippen molar-refractivity contribution >= 4 is 15.9 Å². The predicted octanol–water partition coefficient (Wildman–Crippen LogP) is 1.13. The highest BCUT2D eigenvalue weighted by Crippen LogP contribution is 2.19. The summed E-state index contributed by atoms with van der Waals surface area (Å²) in [5.74, 6) is 0.139. The minimum atomic E-state index is -3.10. The highest BCUT2D eigenvalue weighted by molar-refractivity contribution is 7.89. The Hall–Kier alpha value is -0.880. The maximum atomic E-state index is 11.9. The van der Waals surface area contributed by atoms with Gasteiger partial charge in [0.15, 0.2) is 0 Å². The third kappa shape index (κ3) is 4.95. The van der Waals surface area contributed by atoms with E-state index in [0.717, 1.165) is 6.42 Å². The van der Waals surface area contributed by atoms with E-state index >= 15 is 0 Å². The number of carbonyl (C=O) groups excluding carboxylic acids is 1. The number of hydrogen-bond donors (Lipinski definition) is 1. The maximum Gasteiger partial charge on any atom is 0.223 e. The summed E-state index contributed by atoms with van der Waals surface area (Å²) in [5.41, 5.74) is 0. The number of nitrogens with one attached hydrogen (secondary N) is 1. The van der Waals surface area contributed by atoms with Crippen molar-refractivity contribution in [3.05, 3.63) is 12.2 Å². The van der Waals surface area contributed by atoms with Gasteiger partial charge in [0.05, 0.1) is 5.75 Å². The number of carbonyl (C=O) groups is 1. The molecule has 0 bridgehead atoms. The highest BCUT2D eigenvalue weighted by atomic mass is 32.2. The number of amides is 1. The molecule has 1 saturated heterocycles. The van der Waals surface area contributed by atoms with E-state index in [1.54, 1.807) is 6.92 Å². The minimum absolute atomic E-state index is 0.0473. The molecule has 0 atom stereocenters. The first-order valence-electron chi connectivity index (χ1n) is 6.88. The quantitative estimate of drug-likeness (QED) is 0.588. The zero-order valence-electron chi connectivity index (χ0n) is 11.8. The van der Waals surface area contributed by atoms with Crippen LogP contribution < -0.4 is 5.32 Å². The Morgan fingerprint density at radius 2 is 2.00 bits per heavy atom. The van der Waals surface area contributed by atoms with Gasteiger partial charge in [0.1, 0.15) is 0 Å². The van der Waals surface area contributed by atoms with Crippen molar-refractivity contribution in [3.63, 3.8) is 0 Å². The molecule has 0 saturated carbocycles. The van der Waals surface area contributed by atoms with E-state index in [9.17, 15) is 13.2 Å². The molecular weight excluding hydrogens is 264 g/mol. The van der Waals surface area contributed by atoms with Gasteiger partial charge in [-0.25, -0.2) is 12.7 Å². The number of allylic oxidation sites excluding steroid dienone is 1. The summed E-state index contributed by atoms with van der Waals surface area (Å²) in [6.45, 7) is 5.17. The van der Waals surface area contributed by atoms with Gasteiger partial charge in [0.25, 0.3) is 0 Å². The van der Waals surface area contributed by atoms with Gasteiger partial charge in [-0.15, -0.1) is 0 Å². The molecule has 110 valence electrons. The van der Waals surface area contributed by atoms with Gasteiger partial charge in [-0.05, 0) is 33.1 Å². The third-order valence-electron chi connectivity index (χ3n) is 3.43. The summed E-state index contributed by atoms with van der Waals surface area (Å²) in [6, 6.07) is 0. The van der Waals surface area contributed by atoms with Crippen LogP contribution in [0.4, 0.5) is 0 Å². The van der Waals surface area contributed by atoms with E-state index in [0.29, 0.717) is 32.5 Å². The molecule has 1 aliphatic rings. The normalized spacial score (nSPS) is 18.8. The summed E-state index contributed by atoms with van der Waals surface area (Å²) in [5, 5.41) is 2.90. The van der Waals surface area contributed by atoms with Crippen LogP contribution in [0.2, 0.25) is 0 Å². The number of rotatable bonds is 6. The lowest BCUT2D eigenvalue weighted by Gasteiger charge is -2.30.